The van der Waals surface area contributed by atoms with Gasteiger partial charge in [-0.3, -0.25) is 0 Å². The lowest BCUT2D eigenvalue weighted by atomic mass is 10.1. The van der Waals surface area contributed by atoms with Gasteiger partial charge in [0.05, 0.1) is 12.6 Å². The zero-order valence-corrected chi connectivity index (χ0v) is 5.66. The highest BCUT2D eigenvalue weighted by Crippen LogP contribution is 2.06. The maximum Gasteiger partial charge on any atom is 0.210 e. The SMILES string of the molecule is [2H]OC[C@@H](N)c1ccccc1. The van der Waals surface area contributed by atoms with Gasteiger partial charge in [-0.05, 0) is 5.56 Å². The monoisotopic (exact) mass is 138 g/mol. The van der Waals surface area contributed by atoms with E-state index in [9.17, 15) is 0 Å². The van der Waals surface area contributed by atoms with Gasteiger partial charge >= 0.3 is 0 Å². The normalized spacial score (nSPS) is 14.3. The molecule has 0 radical (unpaired) electrons. The van der Waals surface area contributed by atoms with E-state index in [1.54, 1.807) is 0 Å². The lowest BCUT2D eigenvalue weighted by Gasteiger charge is -2.06. The molecule has 10 heavy (non-hydrogen) atoms. The first kappa shape index (κ1) is 5.89. The molecular weight excluding hydrogens is 126 g/mol. The Balaban J connectivity index is 2.61. The third kappa shape index (κ3) is 1.56. The fourth-order valence-corrected chi connectivity index (χ4v) is 0.796. The molecule has 54 valence electrons. The second-order valence-corrected chi connectivity index (χ2v) is 2.18. The van der Waals surface area contributed by atoms with Crippen molar-refractivity contribution in [2.45, 2.75) is 6.04 Å². The Morgan fingerprint density at radius 2 is 2.20 bits per heavy atom. The number of hydrogen-bond acceptors (Lipinski definition) is 2. The van der Waals surface area contributed by atoms with Gasteiger partial charge in [0.25, 0.3) is 0 Å². The maximum absolute atomic E-state index is 6.50. The second-order valence-electron chi connectivity index (χ2n) is 2.18. The van der Waals surface area contributed by atoms with Crippen molar-refractivity contribution >= 4 is 0 Å². The van der Waals surface area contributed by atoms with Crippen LogP contribution in [0.25, 0.3) is 0 Å². The summed E-state index contributed by atoms with van der Waals surface area (Å²) in [6.45, 7) is 0.240. The summed E-state index contributed by atoms with van der Waals surface area (Å²) in [7, 11) is 0. The first-order chi connectivity index (χ1) is 5.34. The van der Waals surface area contributed by atoms with Crippen LogP contribution in [0.4, 0.5) is 0 Å². The average Bonchev–Trinajstić information content (AvgIpc) is 2.07. The Morgan fingerprint density at radius 1 is 1.50 bits per heavy atom. The van der Waals surface area contributed by atoms with E-state index in [2.05, 4.69) is 5.11 Å². The zero-order valence-electron chi connectivity index (χ0n) is 6.66. The van der Waals surface area contributed by atoms with E-state index in [1.807, 2.05) is 30.3 Å². The highest BCUT2D eigenvalue weighted by Gasteiger charge is 2.00. The van der Waals surface area contributed by atoms with Crippen LogP contribution >= 0.6 is 0 Å². The highest BCUT2D eigenvalue weighted by molar-refractivity contribution is 5.18. The number of aliphatic hydroxyl groups excluding tert-OH is 1. The molecule has 2 nitrogen and oxygen atoms in total. The summed E-state index contributed by atoms with van der Waals surface area (Å²) in [5.74, 6) is 0. The van der Waals surface area contributed by atoms with Crippen molar-refractivity contribution in [3.05, 3.63) is 35.9 Å². The predicted molar refractivity (Wildman–Crippen MR) is 40.5 cm³/mol. The van der Waals surface area contributed by atoms with Crippen molar-refractivity contribution in [2.24, 2.45) is 5.73 Å². The largest absolute Gasteiger partial charge is 0.394 e. The molecule has 0 heterocycles. The molecular formula is C8H11NO. The Morgan fingerprint density at radius 3 is 2.80 bits per heavy atom. The number of rotatable bonds is 3. The van der Waals surface area contributed by atoms with Gasteiger partial charge in [-0.2, -0.15) is 0 Å². The fraction of sp³-hybridized carbons (Fsp3) is 0.250. The van der Waals surface area contributed by atoms with Crippen LogP contribution in [0.1, 0.15) is 11.6 Å². The molecule has 0 spiro atoms. The molecule has 0 saturated carbocycles. The summed E-state index contributed by atoms with van der Waals surface area (Å²) in [5, 5.41) is 4.18. The fourth-order valence-electron chi connectivity index (χ4n) is 0.796. The van der Waals surface area contributed by atoms with E-state index in [1.165, 1.54) is 0 Å². The quantitative estimate of drug-likeness (QED) is 0.645. The van der Waals surface area contributed by atoms with E-state index >= 15 is 0 Å². The molecule has 1 rings (SSSR count). The molecule has 1 aromatic carbocycles. The van der Waals surface area contributed by atoms with Crippen molar-refractivity contribution in [2.75, 3.05) is 6.61 Å². The minimum atomic E-state index is -0.186. The van der Waals surface area contributed by atoms with E-state index in [0.29, 0.717) is 0 Å². The van der Waals surface area contributed by atoms with E-state index in [4.69, 9.17) is 7.16 Å². The summed E-state index contributed by atoms with van der Waals surface area (Å²) in [6, 6.07) is 9.41. The van der Waals surface area contributed by atoms with Gasteiger partial charge in [0, 0.05) is 0 Å². The van der Waals surface area contributed by atoms with Crippen molar-refractivity contribution in [1.82, 2.24) is 0 Å². The Kier molecular flexibility index (Phi) is 1.97. The molecule has 0 aliphatic carbocycles. The summed E-state index contributed by atoms with van der Waals surface area (Å²) in [5.41, 5.74) is 6.66. The lowest BCUT2D eigenvalue weighted by Crippen LogP contribution is -2.13. The van der Waals surface area contributed by atoms with Crippen LogP contribution in [0, 0.1) is 0 Å². The molecule has 0 amide bonds. The number of aliphatic hydroxyl groups is 1. The number of benzene rings is 1. The van der Waals surface area contributed by atoms with Crippen LogP contribution in [-0.2, 0) is 0 Å². The van der Waals surface area contributed by atoms with E-state index in [0.717, 1.165) is 5.56 Å². The molecule has 0 saturated heterocycles. The van der Waals surface area contributed by atoms with Crippen molar-refractivity contribution < 1.29 is 5.11 Å². The average molecular weight is 138 g/mol. The van der Waals surface area contributed by atoms with E-state index in [-0.39, 0.29) is 12.6 Å². The molecule has 1 aromatic rings. The minimum absolute atomic E-state index is 0.186. The maximum atomic E-state index is 6.50. The van der Waals surface area contributed by atoms with Crippen molar-refractivity contribution in [1.29, 1.82) is 1.43 Å². The molecule has 0 aliphatic heterocycles. The molecule has 0 aliphatic rings. The topological polar surface area (TPSA) is 46.2 Å². The molecule has 0 unspecified atom stereocenters. The van der Waals surface area contributed by atoms with Gasteiger partial charge in [0.1, 0.15) is 0 Å². The third-order valence-electron chi connectivity index (χ3n) is 1.41. The minimum Gasteiger partial charge on any atom is -0.394 e. The highest BCUT2D eigenvalue weighted by atomic mass is 16.3. The molecule has 3 N–H and O–H groups in total. The van der Waals surface area contributed by atoms with Gasteiger partial charge in [0.2, 0.25) is 1.43 Å². The van der Waals surface area contributed by atoms with Gasteiger partial charge in [-0.1, -0.05) is 30.3 Å². The number of hydrogen-bond donors (Lipinski definition) is 2. The first-order valence-corrected chi connectivity index (χ1v) is 3.23. The van der Waals surface area contributed by atoms with Gasteiger partial charge in [-0.25, -0.2) is 0 Å². The molecule has 0 fully saturated rings. The Hall–Kier alpha value is -0.860. The second kappa shape index (κ2) is 3.34. The summed E-state index contributed by atoms with van der Waals surface area (Å²) in [6.07, 6.45) is 0. The smallest absolute Gasteiger partial charge is 0.210 e. The molecule has 2 heteroatoms. The molecule has 0 aromatic heterocycles. The third-order valence-corrected chi connectivity index (χ3v) is 1.41. The standard InChI is InChI=1S/C8H11NO/c9-8(6-10)7-4-2-1-3-5-7/h1-5,8,10H,6,9H2/t8-/m1/s1/i10D. The van der Waals surface area contributed by atoms with E-state index < -0.39 is 0 Å². The van der Waals surface area contributed by atoms with Crippen LogP contribution in [0.15, 0.2) is 30.3 Å². The first-order valence-electron chi connectivity index (χ1n) is 3.64. The van der Waals surface area contributed by atoms with Crippen LogP contribution in [0.3, 0.4) is 0 Å². The Bertz CT molecular complexity index is 203. The lowest BCUT2D eigenvalue weighted by molar-refractivity contribution is 0.268. The van der Waals surface area contributed by atoms with Gasteiger partial charge < -0.3 is 10.8 Å². The summed E-state index contributed by atoms with van der Waals surface area (Å²) >= 11 is 0. The van der Waals surface area contributed by atoms with Crippen LogP contribution in [0.2, 0.25) is 0 Å². The summed E-state index contributed by atoms with van der Waals surface area (Å²) < 4.78 is 6.50. The summed E-state index contributed by atoms with van der Waals surface area (Å²) in [4.78, 5) is 0. The van der Waals surface area contributed by atoms with Gasteiger partial charge in [0.15, 0.2) is 0 Å². The molecule has 1 atom stereocenters. The number of nitrogens with two attached hydrogens (primary N) is 1. The Labute approximate surface area is 61.8 Å². The van der Waals surface area contributed by atoms with Crippen LogP contribution in [0.5, 0.6) is 0 Å². The molecule has 0 bridgehead atoms. The predicted octanol–water partition coefficient (Wildman–Crippen LogP) is 0.679. The zero-order chi connectivity index (χ0) is 8.10. The van der Waals surface area contributed by atoms with Crippen LogP contribution in [-0.4, -0.2) is 13.1 Å². The van der Waals surface area contributed by atoms with Crippen molar-refractivity contribution in [3.63, 3.8) is 0 Å². The van der Waals surface area contributed by atoms with Crippen molar-refractivity contribution in [3.8, 4) is 0 Å². The van der Waals surface area contributed by atoms with Crippen LogP contribution < -0.4 is 5.73 Å². The van der Waals surface area contributed by atoms with Gasteiger partial charge in [-0.15, -0.1) is 0 Å².